The first-order valence-corrected chi connectivity index (χ1v) is 9.57. The van der Waals surface area contributed by atoms with Gasteiger partial charge in [-0.1, -0.05) is 24.3 Å². The molecule has 7 nitrogen and oxygen atoms in total. The highest BCUT2D eigenvalue weighted by atomic mass is 32.2. The number of nitro benzene ring substituents is 1. The minimum absolute atomic E-state index is 0.123. The molecule has 0 atom stereocenters. The first-order chi connectivity index (χ1) is 12.2. The van der Waals surface area contributed by atoms with Crippen molar-refractivity contribution in [1.29, 1.82) is 0 Å². The van der Waals surface area contributed by atoms with E-state index in [2.05, 4.69) is 10.0 Å². The summed E-state index contributed by atoms with van der Waals surface area (Å²) in [5.41, 5.74) is 1.31. The number of halogens is 1. The summed E-state index contributed by atoms with van der Waals surface area (Å²) in [5.74, 6) is -0.801. The predicted octanol–water partition coefficient (Wildman–Crippen LogP) is 3.17. The zero-order valence-corrected chi connectivity index (χ0v) is 15.2. The summed E-state index contributed by atoms with van der Waals surface area (Å²) >= 11 is 0. The van der Waals surface area contributed by atoms with Crippen LogP contribution in [0.2, 0.25) is 0 Å². The monoisotopic (exact) mass is 381 g/mol. The van der Waals surface area contributed by atoms with Gasteiger partial charge in [-0.05, 0) is 37.1 Å². The number of nitro groups is 1. The molecule has 140 valence electrons. The summed E-state index contributed by atoms with van der Waals surface area (Å²) in [6.45, 7) is 3.78. The number of nitrogens with one attached hydrogen (secondary N) is 2. The number of anilines is 1. The van der Waals surface area contributed by atoms with Crippen LogP contribution < -0.4 is 10.0 Å². The zero-order chi connectivity index (χ0) is 19.3. The molecule has 0 aromatic heterocycles. The van der Waals surface area contributed by atoms with Crippen LogP contribution in [0.4, 0.5) is 15.8 Å². The molecule has 2 aromatic carbocycles. The second-order valence-corrected chi connectivity index (χ2v) is 7.87. The molecular formula is C17H20FN3O4S. The molecule has 0 spiro atoms. The van der Waals surface area contributed by atoms with E-state index in [1.54, 1.807) is 38.1 Å². The van der Waals surface area contributed by atoms with Crippen LogP contribution >= 0.6 is 0 Å². The van der Waals surface area contributed by atoms with Gasteiger partial charge in [-0.25, -0.2) is 17.5 Å². The molecule has 0 amide bonds. The molecule has 0 aliphatic rings. The number of nitrogens with zero attached hydrogens (tertiary/aromatic N) is 1. The number of sulfonamides is 1. The molecule has 26 heavy (non-hydrogen) atoms. The molecule has 0 aliphatic carbocycles. The molecule has 0 unspecified atom stereocenters. The Morgan fingerprint density at radius 3 is 2.31 bits per heavy atom. The van der Waals surface area contributed by atoms with Crippen LogP contribution in [0, 0.1) is 15.9 Å². The topological polar surface area (TPSA) is 101 Å². The fourth-order valence-electron chi connectivity index (χ4n) is 2.38. The second kappa shape index (κ2) is 8.24. The van der Waals surface area contributed by atoms with Crippen LogP contribution in [0.5, 0.6) is 0 Å². The van der Waals surface area contributed by atoms with Crippen molar-refractivity contribution in [3.05, 3.63) is 69.5 Å². The highest BCUT2D eigenvalue weighted by Crippen LogP contribution is 2.25. The highest BCUT2D eigenvalue weighted by molar-refractivity contribution is 7.88. The van der Waals surface area contributed by atoms with E-state index in [1.165, 1.54) is 6.07 Å². The van der Waals surface area contributed by atoms with Crippen molar-refractivity contribution in [3.63, 3.8) is 0 Å². The fourth-order valence-corrected chi connectivity index (χ4v) is 3.81. The van der Waals surface area contributed by atoms with Gasteiger partial charge in [-0.3, -0.25) is 10.1 Å². The van der Waals surface area contributed by atoms with Crippen molar-refractivity contribution < 1.29 is 17.7 Å². The zero-order valence-electron chi connectivity index (χ0n) is 14.4. The molecule has 0 radical (unpaired) electrons. The third kappa shape index (κ3) is 5.78. The highest BCUT2D eigenvalue weighted by Gasteiger charge is 2.15. The van der Waals surface area contributed by atoms with Crippen molar-refractivity contribution in [1.82, 2.24) is 4.72 Å². The van der Waals surface area contributed by atoms with Gasteiger partial charge in [-0.2, -0.15) is 0 Å². The Hall–Kier alpha value is -2.52. The van der Waals surface area contributed by atoms with Crippen molar-refractivity contribution in [2.75, 3.05) is 5.32 Å². The molecule has 0 heterocycles. The van der Waals surface area contributed by atoms with E-state index >= 15 is 0 Å². The molecule has 0 bridgehead atoms. The lowest BCUT2D eigenvalue weighted by molar-refractivity contribution is -0.384. The van der Waals surface area contributed by atoms with Crippen LogP contribution in [0.25, 0.3) is 0 Å². The van der Waals surface area contributed by atoms with E-state index in [0.717, 1.165) is 17.7 Å². The number of benzene rings is 2. The lowest BCUT2D eigenvalue weighted by Gasteiger charge is -2.10. The normalized spacial score (nSPS) is 11.5. The SMILES string of the molecule is CC(C)NS(=O)(=O)Cc1ccc(CNc2ccc(F)cc2[N+](=O)[O-])cc1. The van der Waals surface area contributed by atoms with E-state index in [-0.39, 0.29) is 29.7 Å². The van der Waals surface area contributed by atoms with Gasteiger partial charge in [0, 0.05) is 12.6 Å². The third-order valence-electron chi connectivity index (χ3n) is 3.43. The van der Waals surface area contributed by atoms with Crippen molar-refractivity contribution in [3.8, 4) is 0 Å². The molecule has 9 heteroatoms. The van der Waals surface area contributed by atoms with Gasteiger partial charge in [0.2, 0.25) is 10.0 Å². The summed E-state index contributed by atoms with van der Waals surface area (Å²) in [7, 11) is -3.40. The molecule has 0 fully saturated rings. The van der Waals surface area contributed by atoms with Gasteiger partial charge in [0.05, 0.1) is 16.7 Å². The summed E-state index contributed by atoms with van der Waals surface area (Å²) in [4.78, 5) is 10.3. The molecule has 0 saturated carbocycles. The lowest BCUT2D eigenvalue weighted by Crippen LogP contribution is -2.31. The first-order valence-electron chi connectivity index (χ1n) is 7.92. The maximum absolute atomic E-state index is 13.1. The fraction of sp³-hybridized carbons (Fsp3) is 0.294. The molecule has 0 aliphatic heterocycles. The standard InChI is InChI=1S/C17H20FN3O4S/c1-12(2)20-26(24,25)11-14-5-3-13(4-6-14)10-19-16-8-7-15(18)9-17(16)21(22)23/h3-9,12,19-20H,10-11H2,1-2H3. The Bertz CT molecular complexity index is 883. The van der Waals surface area contributed by atoms with E-state index in [0.29, 0.717) is 5.56 Å². The molecule has 0 saturated heterocycles. The predicted molar refractivity (Wildman–Crippen MR) is 97.7 cm³/mol. The smallest absolute Gasteiger partial charge is 0.295 e. The van der Waals surface area contributed by atoms with E-state index in [9.17, 15) is 22.9 Å². The summed E-state index contributed by atoms with van der Waals surface area (Å²) in [6, 6.07) is 10.0. The summed E-state index contributed by atoms with van der Waals surface area (Å²) in [6.07, 6.45) is 0. The maximum Gasteiger partial charge on any atom is 0.295 e. The molecule has 2 rings (SSSR count). The minimum Gasteiger partial charge on any atom is -0.375 e. The Balaban J connectivity index is 2.03. The van der Waals surface area contributed by atoms with Crippen molar-refractivity contribution in [2.24, 2.45) is 0 Å². The molecule has 2 N–H and O–H groups in total. The first kappa shape index (κ1) is 19.8. The van der Waals surface area contributed by atoms with Gasteiger partial charge in [0.15, 0.2) is 0 Å². The van der Waals surface area contributed by atoms with E-state index in [4.69, 9.17) is 0 Å². The van der Waals surface area contributed by atoms with Gasteiger partial charge in [0.25, 0.3) is 5.69 Å². The van der Waals surface area contributed by atoms with Crippen LogP contribution in [0.1, 0.15) is 25.0 Å². The molecular weight excluding hydrogens is 361 g/mol. The van der Waals surface area contributed by atoms with Crippen molar-refractivity contribution in [2.45, 2.75) is 32.2 Å². The van der Waals surface area contributed by atoms with Gasteiger partial charge in [-0.15, -0.1) is 0 Å². The largest absolute Gasteiger partial charge is 0.375 e. The quantitative estimate of drug-likeness (QED) is 0.540. The summed E-state index contributed by atoms with van der Waals surface area (Å²) < 4.78 is 39.5. The van der Waals surface area contributed by atoms with Crippen LogP contribution in [0.15, 0.2) is 42.5 Å². The lowest BCUT2D eigenvalue weighted by atomic mass is 10.1. The van der Waals surface area contributed by atoms with Crippen LogP contribution in [0.3, 0.4) is 0 Å². The average molecular weight is 381 g/mol. The Morgan fingerprint density at radius 2 is 1.73 bits per heavy atom. The average Bonchev–Trinajstić information content (AvgIpc) is 2.53. The van der Waals surface area contributed by atoms with Crippen molar-refractivity contribution >= 4 is 21.4 Å². The molecule has 2 aromatic rings. The van der Waals surface area contributed by atoms with Gasteiger partial charge < -0.3 is 5.32 Å². The van der Waals surface area contributed by atoms with E-state index < -0.39 is 20.8 Å². The van der Waals surface area contributed by atoms with Gasteiger partial charge in [0.1, 0.15) is 11.5 Å². The van der Waals surface area contributed by atoms with Gasteiger partial charge >= 0.3 is 0 Å². The third-order valence-corrected chi connectivity index (χ3v) is 4.98. The Morgan fingerprint density at radius 1 is 1.12 bits per heavy atom. The summed E-state index contributed by atoms with van der Waals surface area (Å²) in [5, 5.41) is 13.9. The second-order valence-electron chi connectivity index (χ2n) is 6.12. The minimum atomic E-state index is -3.40. The number of rotatable bonds is 8. The Labute approximate surface area is 151 Å². The number of hydrogen-bond donors (Lipinski definition) is 2. The van der Waals surface area contributed by atoms with Crippen LogP contribution in [-0.2, 0) is 22.3 Å². The van der Waals surface area contributed by atoms with Crippen LogP contribution in [-0.4, -0.2) is 19.4 Å². The van der Waals surface area contributed by atoms with E-state index in [1.807, 2.05) is 0 Å². The number of hydrogen-bond acceptors (Lipinski definition) is 5. The Kier molecular flexibility index (Phi) is 6.27. The maximum atomic E-state index is 13.1.